The normalized spacial score (nSPS) is 17.1. The Balaban J connectivity index is 1.33. The van der Waals surface area contributed by atoms with Crippen molar-refractivity contribution in [2.24, 2.45) is 5.92 Å². The Labute approximate surface area is 352 Å². The van der Waals surface area contributed by atoms with E-state index in [1.807, 2.05) is 103 Å². The molecule has 57 heavy (non-hydrogen) atoms. The molecule has 13 heteroatoms. The van der Waals surface area contributed by atoms with Crippen LogP contribution in [0.3, 0.4) is 0 Å². The van der Waals surface area contributed by atoms with Crippen LogP contribution < -0.4 is 9.47 Å². The third-order valence-corrected chi connectivity index (χ3v) is 10.7. The summed E-state index contributed by atoms with van der Waals surface area (Å²) in [6, 6.07) is 17.1. The van der Waals surface area contributed by atoms with Crippen molar-refractivity contribution in [2.45, 2.75) is 111 Å². The van der Waals surface area contributed by atoms with Gasteiger partial charge in [0.05, 0.1) is 16.0 Å². The molecule has 0 N–H and O–H groups in total. The van der Waals surface area contributed by atoms with Crippen LogP contribution in [0.2, 0.25) is 15.1 Å². The molecule has 2 atom stereocenters. The van der Waals surface area contributed by atoms with E-state index in [4.69, 9.17) is 53.8 Å². The second-order valence-corrected chi connectivity index (χ2v) is 18.1. The Morgan fingerprint density at radius 2 is 1.42 bits per heavy atom. The lowest BCUT2D eigenvalue weighted by molar-refractivity contribution is -0.139. The van der Waals surface area contributed by atoms with E-state index >= 15 is 0 Å². The van der Waals surface area contributed by atoms with Crippen molar-refractivity contribution in [3.05, 3.63) is 91.9 Å². The third kappa shape index (κ3) is 12.6. The number of benzene rings is 3. The van der Waals surface area contributed by atoms with Crippen LogP contribution in [0.15, 0.2) is 54.6 Å². The molecule has 2 aliphatic rings. The highest BCUT2D eigenvalue weighted by Crippen LogP contribution is 2.40. The van der Waals surface area contributed by atoms with Crippen LogP contribution in [-0.4, -0.2) is 82.9 Å². The van der Waals surface area contributed by atoms with Crippen LogP contribution in [-0.2, 0) is 27.4 Å². The van der Waals surface area contributed by atoms with Crippen molar-refractivity contribution in [2.75, 3.05) is 32.8 Å². The molecule has 2 fully saturated rings. The van der Waals surface area contributed by atoms with Gasteiger partial charge in [-0.3, -0.25) is 4.79 Å². The standard InChI is InChI=1S/C44H56Cl3N3O7/c1-9-48(41(52)56-43(3,4)5)25-29-10-17-36(45)31(24-29)26-50(32-13-14-32)40(51)35-27-49(42(53)57-44(6,7)8)19-18-34(35)30-11-15-33(16-12-30)54-20-21-55-39-37(46)22-28(2)23-38(39)47/h10-12,15-17,22-24,32,34-35H,9,13-14,18-21,25-27H2,1-8H3/t34-,35+/m1/s1. The van der Waals surface area contributed by atoms with Gasteiger partial charge in [-0.2, -0.15) is 0 Å². The number of carbonyl (C=O) groups excluding carboxylic acids is 3. The number of aryl methyl sites for hydroxylation is 1. The quantitative estimate of drug-likeness (QED) is 0.158. The fourth-order valence-electron chi connectivity index (χ4n) is 6.90. The molecule has 3 amide bonds. The molecule has 10 nitrogen and oxygen atoms in total. The lowest BCUT2D eigenvalue weighted by atomic mass is 9.79. The number of hydrogen-bond acceptors (Lipinski definition) is 7. The molecule has 0 bridgehead atoms. The van der Waals surface area contributed by atoms with Gasteiger partial charge >= 0.3 is 12.2 Å². The molecule has 1 saturated heterocycles. The predicted molar refractivity (Wildman–Crippen MR) is 225 cm³/mol. The number of likely N-dealkylation sites (tertiary alicyclic amines) is 1. The van der Waals surface area contributed by atoms with Crippen molar-refractivity contribution in [1.82, 2.24) is 14.7 Å². The van der Waals surface area contributed by atoms with Gasteiger partial charge in [-0.15, -0.1) is 0 Å². The smallest absolute Gasteiger partial charge is 0.410 e. The fraction of sp³-hybridized carbons (Fsp3) is 0.523. The van der Waals surface area contributed by atoms with E-state index in [2.05, 4.69) is 0 Å². The van der Waals surface area contributed by atoms with Crippen LogP contribution in [0, 0.1) is 12.8 Å². The molecule has 0 radical (unpaired) electrons. The zero-order valence-electron chi connectivity index (χ0n) is 34.3. The van der Waals surface area contributed by atoms with Gasteiger partial charge in [0.15, 0.2) is 5.75 Å². The van der Waals surface area contributed by atoms with Crippen molar-refractivity contribution in [3.8, 4) is 11.5 Å². The van der Waals surface area contributed by atoms with Gasteiger partial charge in [0.2, 0.25) is 5.91 Å². The van der Waals surface area contributed by atoms with Crippen molar-refractivity contribution < 1.29 is 33.3 Å². The summed E-state index contributed by atoms with van der Waals surface area (Å²) in [5, 5.41) is 1.43. The third-order valence-electron chi connectivity index (χ3n) is 9.76. The van der Waals surface area contributed by atoms with Crippen LogP contribution in [0.25, 0.3) is 0 Å². The maximum Gasteiger partial charge on any atom is 0.410 e. The summed E-state index contributed by atoms with van der Waals surface area (Å²) < 4.78 is 23.2. The van der Waals surface area contributed by atoms with E-state index < -0.39 is 29.3 Å². The first-order chi connectivity index (χ1) is 26.8. The second kappa shape index (κ2) is 18.8. The minimum absolute atomic E-state index is 0.0351. The van der Waals surface area contributed by atoms with Gasteiger partial charge in [0.25, 0.3) is 0 Å². The second-order valence-electron chi connectivity index (χ2n) is 16.9. The molecule has 5 rings (SSSR count). The van der Waals surface area contributed by atoms with E-state index in [1.165, 1.54) is 0 Å². The summed E-state index contributed by atoms with van der Waals surface area (Å²) in [6.45, 7) is 17.2. The first kappa shape index (κ1) is 44.2. The highest BCUT2D eigenvalue weighted by atomic mass is 35.5. The number of carbonyl (C=O) groups is 3. The van der Waals surface area contributed by atoms with Crippen LogP contribution in [0.1, 0.15) is 95.9 Å². The average Bonchev–Trinajstić information content (AvgIpc) is 3.97. The highest BCUT2D eigenvalue weighted by Gasteiger charge is 2.43. The van der Waals surface area contributed by atoms with Gasteiger partial charge in [-0.25, -0.2) is 9.59 Å². The van der Waals surface area contributed by atoms with E-state index in [1.54, 1.807) is 21.9 Å². The first-order valence-electron chi connectivity index (χ1n) is 19.7. The number of halogens is 3. The number of piperidine rings is 1. The Kier molecular flexibility index (Phi) is 14.6. The van der Waals surface area contributed by atoms with Crippen LogP contribution in [0.4, 0.5) is 9.59 Å². The lowest BCUT2D eigenvalue weighted by Crippen LogP contribution is -2.51. The van der Waals surface area contributed by atoms with Crippen LogP contribution in [0.5, 0.6) is 11.5 Å². The maximum absolute atomic E-state index is 14.9. The minimum atomic E-state index is -0.675. The summed E-state index contributed by atoms with van der Waals surface area (Å²) in [5.41, 5.74) is 2.31. The molecule has 310 valence electrons. The fourth-order valence-corrected chi connectivity index (χ4v) is 7.78. The molecule has 1 saturated carbocycles. The van der Waals surface area contributed by atoms with Gasteiger partial charge < -0.3 is 33.6 Å². The van der Waals surface area contributed by atoms with Crippen molar-refractivity contribution in [1.29, 1.82) is 0 Å². The number of amides is 3. The monoisotopic (exact) mass is 843 g/mol. The van der Waals surface area contributed by atoms with E-state index in [9.17, 15) is 14.4 Å². The number of ether oxygens (including phenoxy) is 4. The molecular weight excluding hydrogens is 789 g/mol. The Bertz CT molecular complexity index is 1870. The van der Waals surface area contributed by atoms with Crippen molar-refractivity contribution >= 4 is 52.9 Å². The van der Waals surface area contributed by atoms with E-state index in [-0.39, 0.29) is 37.6 Å². The van der Waals surface area contributed by atoms with E-state index in [0.29, 0.717) is 59.2 Å². The molecular formula is C44H56Cl3N3O7. The number of nitrogens with zero attached hydrogens (tertiary/aromatic N) is 3. The SMILES string of the molecule is CCN(Cc1ccc(Cl)c(CN(C(=O)[C@H]2CN(C(=O)OC(C)(C)C)CC[C@@H]2c2ccc(OCCOc3c(Cl)cc(C)cc3Cl)cc2)C2CC2)c1)C(=O)OC(C)(C)C. The van der Waals surface area contributed by atoms with E-state index in [0.717, 1.165) is 35.1 Å². The average molecular weight is 845 g/mol. The number of rotatable bonds is 13. The van der Waals surface area contributed by atoms with Gasteiger partial charge in [-0.1, -0.05) is 59.1 Å². The zero-order valence-corrected chi connectivity index (χ0v) is 36.6. The molecule has 3 aromatic rings. The molecule has 0 unspecified atom stereocenters. The lowest BCUT2D eigenvalue weighted by Gasteiger charge is -2.40. The van der Waals surface area contributed by atoms with Crippen LogP contribution >= 0.6 is 34.8 Å². The minimum Gasteiger partial charge on any atom is -0.490 e. The molecule has 1 heterocycles. The molecule has 0 spiro atoms. The van der Waals surface area contributed by atoms with Gasteiger partial charge in [0, 0.05) is 43.8 Å². The van der Waals surface area contributed by atoms with Gasteiger partial charge in [0.1, 0.15) is 30.2 Å². The maximum atomic E-state index is 14.9. The highest BCUT2D eigenvalue weighted by molar-refractivity contribution is 6.37. The largest absolute Gasteiger partial charge is 0.490 e. The summed E-state index contributed by atoms with van der Waals surface area (Å²) in [6.07, 6.45) is 1.52. The molecule has 1 aliphatic heterocycles. The Hall–Kier alpha value is -3.86. The first-order valence-corrected chi connectivity index (χ1v) is 20.8. The molecule has 0 aromatic heterocycles. The topological polar surface area (TPSA) is 97.9 Å². The molecule has 1 aliphatic carbocycles. The van der Waals surface area contributed by atoms with Gasteiger partial charge in [-0.05, 0) is 133 Å². The Morgan fingerprint density at radius 3 is 2.02 bits per heavy atom. The summed E-state index contributed by atoms with van der Waals surface area (Å²) in [4.78, 5) is 46.3. The zero-order chi connectivity index (χ0) is 41.7. The van der Waals surface area contributed by atoms with Crippen molar-refractivity contribution in [3.63, 3.8) is 0 Å². The summed E-state index contributed by atoms with van der Waals surface area (Å²) in [7, 11) is 0. The predicted octanol–water partition coefficient (Wildman–Crippen LogP) is 10.7. The summed E-state index contributed by atoms with van der Waals surface area (Å²) in [5.74, 6) is 0.357. The Morgan fingerprint density at radius 1 is 0.789 bits per heavy atom. The molecule has 3 aromatic carbocycles. The number of hydrogen-bond donors (Lipinski definition) is 0. The summed E-state index contributed by atoms with van der Waals surface area (Å²) >= 11 is 19.4.